The summed E-state index contributed by atoms with van der Waals surface area (Å²) in [6.45, 7) is 23.0. The summed E-state index contributed by atoms with van der Waals surface area (Å²) in [6, 6.07) is 26.1. The van der Waals surface area contributed by atoms with Crippen molar-refractivity contribution in [1.29, 1.82) is 0 Å². The van der Waals surface area contributed by atoms with E-state index in [4.69, 9.17) is 14.8 Å². The molecule has 0 amide bonds. The monoisotopic (exact) mass is 692 g/mol. The average Bonchev–Trinajstić information content (AvgIpc) is 3.59. The zero-order valence-electron chi connectivity index (χ0n) is 32.9. The molecule has 0 aliphatic heterocycles. The van der Waals surface area contributed by atoms with Gasteiger partial charge in [-0.1, -0.05) is 91.7 Å². The molecule has 5 heteroatoms. The van der Waals surface area contributed by atoms with E-state index in [9.17, 15) is 0 Å². The molecule has 0 bridgehead atoms. The van der Waals surface area contributed by atoms with E-state index in [2.05, 4.69) is 157 Å². The van der Waals surface area contributed by atoms with Crippen LogP contribution in [0.1, 0.15) is 109 Å². The van der Waals surface area contributed by atoms with Crippen LogP contribution in [0.3, 0.4) is 0 Å². The van der Waals surface area contributed by atoms with Crippen LogP contribution in [-0.2, 0) is 11.8 Å². The highest BCUT2D eigenvalue weighted by Gasteiger charge is 2.36. The Bertz CT molecular complexity index is 2270. The Kier molecular flexibility index (Phi) is 9.67. The van der Waals surface area contributed by atoms with Crippen LogP contribution in [0.15, 0.2) is 90.6 Å². The molecule has 0 saturated carbocycles. The van der Waals surface area contributed by atoms with Crippen LogP contribution in [0.4, 0.5) is 0 Å². The first-order valence-electron chi connectivity index (χ1n) is 19.4. The molecule has 6 aromatic rings. The van der Waals surface area contributed by atoms with E-state index in [0.29, 0.717) is 23.7 Å². The van der Waals surface area contributed by atoms with Crippen LogP contribution in [0.5, 0.6) is 11.5 Å². The number of hydrogen-bond acceptors (Lipinski definition) is 3. The first-order chi connectivity index (χ1) is 24.8. The first kappa shape index (κ1) is 35.7. The maximum atomic E-state index is 6.84. The van der Waals surface area contributed by atoms with Gasteiger partial charge in [0.15, 0.2) is 0 Å². The summed E-state index contributed by atoms with van der Waals surface area (Å²) in [5.41, 5.74) is 11.0. The molecule has 5 nitrogen and oxygen atoms in total. The third-order valence-corrected chi connectivity index (χ3v) is 11.3. The number of nitrogens with zero attached hydrogens (tertiary/aromatic N) is 4. The minimum Gasteiger partial charge on any atom is -0.457 e. The number of pyridine rings is 1. The van der Waals surface area contributed by atoms with Crippen LogP contribution in [0, 0.1) is 31.6 Å². The normalized spacial score (nSPS) is 16.7. The molecule has 0 radical (unpaired) electrons. The fourth-order valence-corrected chi connectivity index (χ4v) is 8.65. The number of aryl methyl sites for hydroxylation is 2. The number of benzene rings is 3. The van der Waals surface area contributed by atoms with E-state index < -0.39 is 0 Å². The van der Waals surface area contributed by atoms with E-state index in [0.717, 1.165) is 52.6 Å². The third-order valence-electron chi connectivity index (χ3n) is 11.3. The third kappa shape index (κ3) is 6.59. The second-order valence-corrected chi connectivity index (χ2v) is 16.7. The summed E-state index contributed by atoms with van der Waals surface area (Å²) in [7, 11) is 0. The summed E-state index contributed by atoms with van der Waals surface area (Å²) < 4.78 is 11.3. The van der Waals surface area contributed by atoms with E-state index in [1.165, 1.54) is 46.0 Å². The zero-order chi connectivity index (χ0) is 36.9. The lowest BCUT2D eigenvalue weighted by atomic mass is 9.67. The fraction of sp³-hybridized carbons (Fsp3) is 0.404. The van der Waals surface area contributed by atoms with Gasteiger partial charge in [-0.2, -0.15) is 5.10 Å². The lowest BCUT2D eigenvalue weighted by Gasteiger charge is -2.37. The van der Waals surface area contributed by atoms with E-state index in [1.54, 1.807) is 5.57 Å². The molecule has 0 fully saturated rings. The zero-order valence-corrected chi connectivity index (χ0v) is 32.9. The van der Waals surface area contributed by atoms with Crippen molar-refractivity contribution >= 4 is 21.8 Å². The maximum absolute atomic E-state index is 6.84. The van der Waals surface area contributed by atoms with Crippen molar-refractivity contribution in [2.75, 3.05) is 0 Å². The Hall–Kier alpha value is -4.64. The predicted molar refractivity (Wildman–Crippen MR) is 218 cm³/mol. The summed E-state index contributed by atoms with van der Waals surface area (Å²) >= 11 is 0. The van der Waals surface area contributed by atoms with Crippen molar-refractivity contribution in [3.05, 3.63) is 119 Å². The highest BCUT2D eigenvalue weighted by atomic mass is 16.5. The van der Waals surface area contributed by atoms with E-state index in [-0.39, 0.29) is 5.41 Å². The lowest BCUT2D eigenvalue weighted by Crippen LogP contribution is -2.26. The molecule has 3 aromatic heterocycles. The Morgan fingerprint density at radius 2 is 1.63 bits per heavy atom. The van der Waals surface area contributed by atoms with Gasteiger partial charge in [0, 0.05) is 46.3 Å². The van der Waals surface area contributed by atoms with Gasteiger partial charge in [0.25, 0.3) is 0 Å². The first-order valence-corrected chi connectivity index (χ1v) is 19.4. The summed E-state index contributed by atoms with van der Waals surface area (Å²) in [6.07, 6.45) is 8.97. The highest BCUT2D eigenvalue weighted by Crippen LogP contribution is 2.47. The molecule has 0 saturated heterocycles. The molecular formula is C47H56N4O. The number of aromatic nitrogens is 4. The standard InChI is InChI=1S/C47H56N4O/c1-11-15-33-22-23-48-44(24-33)50-42-19-13-12-16-40(42)41-21-20-36(28-43(41)50)52-37-26-34(47(8,9)10)25-35(27-37)51-32(7)45(31(6)49-51)46-38(29(2)3)17-14-18-39(46)30(4)5/h12-13,16-17,19-30,39,46H,11,14-15,18H2,1-10H3/t39-,46?/m1/s1. The SMILES string of the molecule is CCCc1ccnc(-n2c3ccccc3c3ccc(Oc4cc(-n5nc(C)c(C6C(C(C)C)=CCC[C@@H]6C(C)C)c5C)cc(C(C)(C)C)c4)cc32)c1. The molecule has 0 spiro atoms. The maximum Gasteiger partial charge on any atom is 0.137 e. The van der Waals surface area contributed by atoms with Crippen molar-refractivity contribution in [3.63, 3.8) is 0 Å². The Labute approximate surface area is 310 Å². The van der Waals surface area contributed by atoms with Crippen LogP contribution in [0.25, 0.3) is 33.3 Å². The van der Waals surface area contributed by atoms with E-state index >= 15 is 0 Å². The average molecular weight is 693 g/mol. The predicted octanol–water partition coefficient (Wildman–Crippen LogP) is 12.8. The van der Waals surface area contributed by atoms with Gasteiger partial charge < -0.3 is 4.74 Å². The van der Waals surface area contributed by atoms with Crippen LogP contribution < -0.4 is 4.74 Å². The van der Waals surface area contributed by atoms with Gasteiger partial charge in [-0.05, 0) is 110 Å². The largest absolute Gasteiger partial charge is 0.457 e. The van der Waals surface area contributed by atoms with Crippen molar-refractivity contribution in [1.82, 2.24) is 19.3 Å². The molecule has 1 aliphatic carbocycles. The van der Waals surface area contributed by atoms with Crippen molar-refractivity contribution in [2.24, 2.45) is 17.8 Å². The van der Waals surface area contributed by atoms with Crippen molar-refractivity contribution in [2.45, 2.75) is 106 Å². The van der Waals surface area contributed by atoms with Crippen molar-refractivity contribution < 1.29 is 4.74 Å². The quantitative estimate of drug-likeness (QED) is 0.142. The molecule has 3 aromatic carbocycles. The summed E-state index contributed by atoms with van der Waals surface area (Å²) in [5, 5.41) is 7.66. The van der Waals surface area contributed by atoms with Gasteiger partial charge in [-0.25, -0.2) is 9.67 Å². The number of allylic oxidation sites excluding steroid dienone is 2. The molecule has 2 atom stereocenters. The van der Waals surface area contributed by atoms with Gasteiger partial charge in [0.2, 0.25) is 0 Å². The molecular weight excluding hydrogens is 637 g/mol. The van der Waals surface area contributed by atoms with Crippen LogP contribution in [-0.4, -0.2) is 19.3 Å². The number of fused-ring (bicyclic) bond motifs is 3. The molecule has 1 aliphatic rings. The molecule has 1 unspecified atom stereocenters. The van der Waals surface area contributed by atoms with Gasteiger partial charge in [0.05, 0.1) is 22.4 Å². The Balaban J connectivity index is 1.33. The molecule has 3 heterocycles. The number of hydrogen-bond donors (Lipinski definition) is 0. The second kappa shape index (κ2) is 14.1. The summed E-state index contributed by atoms with van der Waals surface area (Å²) in [4.78, 5) is 4.85. The Morgan fingerprint density at radius 3 is 2.37 bits per heavy atom. The highest BCUT2D eigenvalue weighted by molar-refractivity contribution is 6.09. The van der Waals surface area contributed by atoms with Gasteiger partial charge in [0.1, 0.15) is 17.3 Å². The van der Waals surface area contributed by atoms with Gasteiger partial charge in [-0.15, -0.1) is 0 Å². The fourth-order valence-electron chi connectivity index (χ4n) is 8.65. The number of rotatable bonds is 9. The lowest BCUT2D eigenvalue weighted by molar-refractivity contribution is 0.297. The Morgan fingerprint density at radius 1 is 0.865 bits per heavy atom. The molecule has 52 heavy (non-hydrogen) atoms. The van der Waals surface area contributed by atoms with E-state index in [1.807, 2.05) is 6.20 Å². The molecule has 270 valence electrons. The molecule has 7 rings (SSSR count). The van der Waals surface area contributed by atoms with Gasteiger partial charge >= 0.3 is 0 Å². The summed E-state index contributed by atoms with van der Waals surface area (Å²) in [5.74, 6) is 4.63. The number of ether oxygens (including phenoxy) is 1. The smallest absolute Gasteiger partial charge is 0.137 e. The second-order valence-electron chi connectivity index (χ2n) is 16.7. The number of para-hydroxylation sites is 1. The van der Waals surface area contributed by atoms with Gasteiger partial charge in [-0.3, -0.25) is 4.57 Å². The minimum atomic E-state index is -0.0851. The van der Waals surface area contributed by atoms with Crippen LogP contribution in [0.2, 0.25) is 0 Å². The van der Waals surface area contributed by atoms with Crippen LogP contribution >= 0.6 is 0 Å². The topological polar surface area (TPSA) is 44.9 Å². The van der Waals surface area contributed by atoms with Crippen molar-refractivity contribution in [3.8, 4) is 23.0 Å². The molecule has 0 N–H and O–H groups in total. The minimum absolute atomic E-state index is 0.0851.